The van der Waals surface area contributed by atoms with Crippen molar-refractivity contribution in [2.75, 3.05) is 39.3 Å². The topological polar surface area (TPSA) is 78.0 Å². The van der Waals surface area contributed by atoms with Gasteiger partial charge in [-0.3, -0.25) is 14.7 Å². The van der Waals surface area contributed by atoms with Crippen LogP contribution in [0, 0.1) is 11.3 Å². The summed E-state index contributed by atoms with van der Waals surface area (Å²) in [7, 11) is 0. The van der Waals surface area contributed by atoms with E-state index in [1.165, 1.54) is 32.1 Å². The Balaban J connectivity index is 0.00000272. The van der Waals surface area contributed by atoms with Crippen LogP contribution in [0.2, 0.25) is 0 Å². The molecule has 2 heterocycles. The van der Waals surface area contributed by atoms with Crippen LogP contribution in [0.5, 0.6) is 0 Å². The number of piperidine rings is 1. The van der Waals surface area contributed by atoms with Gasteiger partial charge in [0.2, 0.25) is 5.91 Å². The van der Waals surface area contributed by atoms with Crippen LogP contribution in [0.3, 0.4) is 0 Å². The van der Waals surface area contributed by atoms with Gasteiger partial charge in [-0.1, -0.05) is 19.8 Å². The van der Waals surface area contributed by atoms with Crippen molar-refractivity contribution >= 4 is 35.8 Å². The maximum absolute atomic E-state index is 12.0. The Morgan fingerprint density at radius 2 is 1.87 bits per heavy atom. The van der Waals surface area contributed by atoms with Crippen molar-refractivity contribution in [2.24, 2.45) is 16.3 Å². The molecule has 4 fully saturated rings. The van der Waals surface area contributed by atoms with E-state index in [0.717, 1.165) is 58.0 Å². The number of carbonyl (C=O) groups is 1. The van der Waals surface area contributed by atoms with Gasteiger partial charge in [-0.15, -0.1) is 24.0 Å². The Morgan fingerprint density at radius 3 is 2.55 bits per heavy atom. The normalized spacial score (nSPS) is 30.4. The number of rotatable bonds is 7. The van der Waals surface area contributed by atoms with Gasteiger partial charge in [-0.05, 0) is 45.4 Å². The Kier molecular flexibility index (Phi) is 9.28. The SMILES string of the molecule is CCCNC(=O)CN1CCC(NC(=NCC)NC2C3CCOC3C23CCCC3)CC1.I. The Morgan fingerprint density at radius 1 is 1.13 bits per heavy atom. The molecular weight excluding hydrogens is 505 g/mol. The van der Waals surface area contributed by atoms with E-state index in [-0.39, 0.29) is 29.9 Å². The lowest BCUT2D eigenvalue weighted by Gasteiger charge is -2.57. The number of guanidine groups is 1. The predicted octanol–water partition coefficient (Wildman–Crippen LogP) is 2.50. The van der Waals surface area contributed by atoms with Crippen LogP contribution in [0.4, 0.5) is 0 Å². The number of likely N-dealkylation sites (tertiary alicyclic amines) is 1. The van der Waals surface area contributed by atoms with Crippen molar-refractivity contribution in [1.82, 2.24) is 20.9 Å². The molecule has 1 amide bonds. The van der Waals surface area contributed by atoms with Gasteiger partial charge in [0.25, 0.3) is 0 Å². The summed E-state index contributed by atoms with van der Waals surface area (Å²) >= 11 is 0. The quantitative estimate of drug-likeness (QED) is 0.260. The minimum Gasteiger partial charge on any atom is -0.377 e. The zero-order valence-electron chi connectivity index (χ0n) is 19.3. The predicted molar refractivity (Wildman–Crippen MR) is 135 cm³/mol. The van der Waals surface area contributed by atoms with Crippen LogP contribution in [0.15, 0.2) is 4.99 Å². The smallest absolute Gasteiger partial charge is 0.234 e. The molecule has 2 aliphatic carbocycles. The van der Waals surface area contributed by atoms with Crippen molar-refractivity contribution < 1.29 is 9.53 Å². The first kappa shape index (κ1) is 25.0. The number of aliphatic imine (C=N–C) groups is 1. The second kappa shape index (κ2) is 11.5. The number of carbonyl (C=O) groups excluding carboxylic acids is 1. The van der Waals surface area contributed by atoms with Gasteiger partial charge in [0, 0.05) is 56.2 Å². The number of nitrogens with zero attached hydrogens (tertiary/aromatic N) is 2. The molecule has 7 nitrogen and oxygen atoms in total. The summed E-state index contributed by atoms with van der Waals surface area (Å²) in [5.41, 5.74) is 0.340. The molecule has 2 saturated carbocycles. The van der Waals surface area contributed by atoms with Gasteiger partial charge < -0.3 is 20.7 Å². The standard InChI is InChI=1S/C23H41N5O2.HI/c1-3-12-25-19(29)16-28-13-7-17(8-14-28)26-22(24-4-2)27-20-18-9-15-30-21(18)23(20)10-5-6-11-23;/h17-18,20-21H,3-16H2,1-2H3,(H,25,29)(H2,24,26,27);1H. The van der Waals surface area contributed by atoms with Crippen LogP contribution < -0.4 is 16.0 Å². The number of amides is 1. The summed E-state index contributed by atoms with van der Waals surface area (Å²) < 4.78 is 6.14. The van der Waals surface area contributed by atoms with Gasteiger partial charge in [0.1, 0.15) is 0 Å². The van der Waals surface area contributed by atoms with E-state index >= 15 is 0 Å². The molecule has 0 aromatic carbocycles. The van der Waals surface area contributed by atoms with E-state index in [1.54, 1.807) is 0 Å². The second-order valence-electron chi connectivity index (χ2n) is 9.67. The summed E-state index contributed by atoms with van der Waals surface area (Å²) in [6.45, 7) is 9.12. The van der Waals surface area contributed by atoms with Gasteiger partial charge in [-0.2, -0.15) is 0 Å². The third kappa shape index (κ3) is 5.49. The second-order valence-corrected chi connectivity index (χ2v) is 9.67. The lowest BCUT2D eigenvalue weighted by molar-refractivity contribution is -0.125. The molecule has 4 aliphatic rings. The average Bonchev–Trinajstić information content (AvgIpc) is 3.41. The fourth-order valence-corrected chi connectivity index (χ4v) is 6.29. The van der Waals surface area contributed by atoms with E-state index < -0.39 is 0 Å². The number of nitrogens with one attached hydrogen (secondary N) is 3. The minimum atomic E-state index is 0. The third-order valence-corrected chi connectivity index (χ3v) is 7.76. The highest BCUT2D eigenvalue weighted by Gasteiger charge is 2.65. The Labute approximate surface area is 204 Å². The number of ether oxygens (including phenoxy) is 1. The first-order chi connectivity index (χ1) is 14.7. The van der Waals surface area contributed by atoms with E-state index in [1.807, 2.05) is 0 Å². The van der Waals surface area contributed by atoms with E-state index in [9.17, 15) is 4.79 Å². The average molecular weight is 548 g/mol. The highest BCUT2D eigenvalue weighted by molar-refractivity contribution is 14.0. The Bertz CT molecular complexity index is 617. The molecule has 178 valence electrons. The maximum atomic E-state index is 12.0. The largest absolute Gasteiger partial charge is 0.377 e. The van der Waals surface area contributed by atoms with Crippen molar-refractivity contribution in [1.29, 1.82) is 0 Å². The van der Waals surface area contributed by atoms with Crippen molar-refractivity contribution in [3.63, 3.8) is 0 Å². The molecule has 31 heavy (non-hydrogen) atoms. The first-order valence-corrected chi connectivity index (χ1v) is 12.3. The molecule has 2 saturated heterocycles. The number of fused-ring (bicyclic) bond motifs is 2. The molecule has 0 bridgehead atoms. The highest BCUT2D eigenvalue weighted by atomic mass is 127. The summed E-state index contributed by atoms with van der Waals surface area (Å²) in [4.78, 5) is 19.0. The van der Waals surface area contributed by atoms with Gasteiger partial charge >= 0.3 is 0 Å². The lowest BCUT2D eigenvalue weighted by atomic mass is 9.54. The number of hydrogen-bond acceptors (Lipinski definition) is 4. The monoisotopic (exact) mass is 547 g/mol. The molecule has 2 aliphatic heterocycles. The van der Waals surface area contributed by atoms with Gasteiger partial charge in [0.15, 0.2) is 5.96 Å². The lowest BCUT2D eigenvalue weighted by Crippen LogP contribution is -2.69. The molecule has 0 aromatic rings. The van der Waals surface area contributed by atoms with Gasteiger partial charge in [-0.25, -0.2) is 0 Å². The fourth-order valence-electron chi connectivity index (χ4n) is 6.29. The van der Waals surface area contributed by atoms with E-state index in [0.29, 0.717) is 36.1 Å². The molecule has 3 atom stereocenters. The van der Waals surface area contributed by atoms with Crippen LogP contribution in [-0.2, 0) is 9.53 Å². The van der Waals surface area contributed by atoms with Crippen molar-refractivity contribution in [3.8, 4) is 0 Å². The molecule has 0 radical (unpaired) electrons. The molecule has 0 aromatic heterocycles. The minimum absolute atomic E-state index is 0. The fraction of sp³-hybridized carbons (Fsp3) is 0.913. The van der Waals surface area contributed by atoms with E-state index in [2.05, 4.69) is 34.7 Å². The maximum Gasteiger partial charge on any atom is 0.234 e. The van der Waals surface area contributed by atoms with Crippen molar-refractivity contribution in [3.05, 3.63) is 0 Å². The van der Waals surface area contributed by atoms with E-state index in [4.69, 9.17) is 9.73 Å². The molecular formula is C23H42IN5O2. The highest BCUT2D eigenvalue weighted by Crippen LogP contribution is 2.60. The zero-order valence-corrected chi connectivity index (χ0v) is 21.7. The van der Waals surface area contributed by atoms with Crippen molar-refractivity contribution in [2.45, 2.75) is 83.4 Å². The zero-order chi connectivity index (χ0) is 21.0. The summed E-state index contributed by atoms with van der Waals surface area (Å²) in [5.74, 6) is 1.78. The molecule has 3 N–H and O–H groups in total. The molecule has 3 unspecified atom stereocenters. The molecule has 1 spiro atoms. The van der Waals surface area contributed by atoms with Crippen LogP contribution >= 0.6 is 24.0 Å². The summed E-state index contributed by atoms with van der Waals surface area (Å²) in [5, 5.41) is 10.6. The number of halogens is 1. The number of hydrogen-bond donors (Lipinski definition) is 3. The molecule has 4 rings (SSSR count). The Hall–Kier alpha value is -0.610. The van der Waals surface area contributed by atoms with Gasteiger partial charge in [0.05, 0.1) is 12.6 Å². The summed E-state index contributed by atoms with van der Waals surface area (Å²) in [6.07, 6.45) is 10.0. The molecule has 8 heteroatoms. The van der Waals surface area contributed by atoms with Crippen LogP contribution in [-0.4, -0.2) is 74.3 Å². The third-order valence-electron chi connectivity index (χ3n) is 7.76. The summed E-state index contributed by atoms with van der Waals surface area (Å²) in [6, 6.07) is 0.931. The van der Waals surface area contributed by atoms with Crippen LogP contribution in [0.25, 0.3) is 0 Å². The van der Waals surface area contributed by atoms with Crippen LogP contribution in [0.1, 0.15) is 65.2 Å². The first-order valence-electron chi connectivity index (χ1n) is 12.3.